The number of fused-ring (bicyclic) bond motifs is 1. The molecule has 0 aliphatic carbocycles. The fraction of sp³-hybridized carbons (Fsp3) is 0.125. The molecule has 1 amide bonds. The summed E-state index contributed by atoms with van der Waals surface area (Å²) < 4.78 is 0.964. The summed E-state index contributed by atoms with van der Waals surface area (Å²) in [5.41, 5.74) is 2.80. The zero-order valence-corrected chi connectivity index (χ0v) is 18.2. The standard InChI is InChI=1S/C24H18N2O3S2/c1-2-14-10-11-16-18(13-14)31-24(25-16)26-20(15-7-4-3-5-8-15)19(22(28)23(26)29)21(27)17-9-6-12-30-17/h3-13,20,28H,2H2,1H3. The van der Waals surface area contributed by atoms with Gasteiger partial charge in [-0.2, -0.15) is 0 Å². The number of aliphatic hydroxyl groups is 1. The number of benzene rings is 2. The molecular formula is C24H18N2O3S2. The molecule has 154 valence electrons. The number of carbonyl (C=O) groups excluding carboxylic acids is 2. The summed E-state index contributed by atoms with van der Waals surface area (Å²) in [5.74, 6) is -1.46. The van der Waals surface area contributed by atoms with E-state index < -0.39 is 17.7 Å². The molecule has 4 aromatic rings. The zero-order chi connectivity index (χ0) is 21.5. The van der Waals surface area contributed by atoms with Gasteiger partial charge in [-0.3, -0.25) is 14.5 Å². The Morgan fingerprint density at radius 2 is 1.94 bits per heavy atom. The second kappa shape index (κ2) is 7.76. The topological polar surface area (TPSA) is 70.5 Å². The molecule has 0 bridgehead atoms. The Kier molecular flexibility index (Phi) is 4.92. The lowest BCUT2D eigenvalue weighted by atomic mass is 9.96. The minimum absolute atomic E-state index is 0.0900. The maximum atomic E-state index is 13.3. The van der Waals surface area contributed by atoms with Gasteiger partial charge in [-0.15, -0.1) is 11.3 Å². The number of Topliss-reactive ketones (excluding diaryl/α,β-unsaturated/α-hetero) is 1. The van der Waals surface area contributed by atoms with Gasteiger partial charge in [-0.25, -0.2) is 4.98 Å². The summed E-state index contributed by atoms with van der Waals surface area (Å²) in [6.07, 6.45) is 0.903. The van der Waals surface area contributed by atoms with Crippen molar-refractivity contribution >= 4 is 49.7 Å². The van der Waals surface area contributed by atoms with Gasteiger partial charge >= 0.3 is 0 Å². The maximum absolute atomic E-state index is 13.3. The third kappa shape index (κ3) is 3.26. The average Bonchev–Trinajstić information content (AvgIpc) is 3.52. The zero-order valence-electron chi connectivity index (χ0n) is 16.6. The second-order valence-corrected chi connectivity index (χ2v) is 9.17. The van der Waals surface area contributed by atoms with Gasteiger partial charge in [0.1, 0.15) is 0 Å². The third-order valence-electron chi connectivity index (χ3n) is 5.37. The third-order valence-corrected chi connectivity index (χ3v) is 7.26. The first-order valence-corrected chi connectivity index (χ1v) is 11.6. The van der Waals surface area contributed by atoms with Crippen LogP contribution in [0.25, 0.3) is 10.2 Å². The van der Waals surface area contributed by atoms with Crippen molar-refractivity contribution in [2.45, 2.75) is 19.4 Å². The number of thiophene rings is 1. The number of ketones is 1. The van der Waals surface area contributed by atoms with E-state index in [1.165, 1.54) is 33.1 Å². The van der Waals surface area contributed by atoms with Crippen LogP contribution < -0.4 is 4.90 Å². The van der Waals surface area contributed by atoms with Crippen molar-refractivity contribution in [3.8, 4) is 0 Å². The molecule has 7 heteroatoms. The minimum atomic E-state index is -0.741. The van der Waals surface area contributed by atoms with E-state index in [9.17, 15) is 14.7 Å². The highest BCUT2D eigenvalue weighted by Gasteiger charge is 2.46. The van der Waals surface area contributed by atoms with E-state index >= 15 is 0 Å². The average molecular weight is 447 g/mol. The molecule has 1 unspecified atom stereocenters. The molecule has 0 spiro atoms. The number of hydrogen-bond acceptors (Lipinski definition) is 6. The van der Waals surface area contributed by atoms with E-state index in [2.05, 4.69) is 18.0 Å². The number of rotatable bonds is 5. The van der Waals surface area contributed by atoms with Gasteiger partial charge in [0.2, 0.25) is 5.78 Å². The van der Waals surface area contributed by atoms with Crippen molar-refractivity contribution in [1.29, 1.82) is 0 Å². The first-order valence-electron chi connectivity index (χ1n) is 9.87. The fourth-order valence-electron chi connectivity index (χ4n) is 3.81. The molecule has 1 aliphatic rings. The Balaban J connectivity index is 1.66. The molecular weight excluding hydrogens is 428 g/mol. The number of aromatic nitrogens is 1. The largest absolute Gasteiger partial charge is 0.503 e. The number of aliphatic hydroxyl groups excluding tert-OH is 1. The van der Waals surface area contributed by atoms with Gasteiger partial charge in [0.25, 0.3) is 5.91 Å². The van der Waals surface area contributed by atoms with Gasteiger partial charge in [-0.1, -0.05) is 60.7 Å². The summed E-state index contributed by atoms with van der Waals surface area (Å²) in [6.45, 7) is 2.09. The smallest absolute Gasteiger partial charge is 0.296 e. The van der Waals surface area contributed by atoms with Crippen LogP contribution in [0.3, 0.4) is 0 Å². The second-order valence-electron chi connectivity index (χ2n) is 7.21. The molecule has 31 heavy (non-hydrogen) atoms. The molecule has 1 N–H and O–H groups in total. The van der Waals surface area contributed by atoms with E-state index in [4.69, 9.17) is 0 Å². The van der Waals surface area contributed by atoms with Crippen LogP contribution in [0, 0.1) is 0 Å². The van der Waals surface area contributed by atoms with Crippen LogP contribution in [-0.4, -0.2) is 21.8 Å². The Hall–Kier alpha value is -3.29. The van der Waals surface area contributed by atoms with Crippen LogP contribution in [0.2, 0.25) is 0 Å². The number of anilines is 1. The fourth-order valence-corrected chi connectivity index (χ4v) is 5.54. The van der Waals surface area contributed by atoms with E-state index in [1.807, 2.05) is 42.5 Å². The van der Waals surface area contributed by atoms with Crippen LogP contribution >= 0.6 is 22.7 Å². The van der Waals surface area contributed by atoms with Gasteiger partial charge in [-0.05, 0) is 41.1 Å². The molecule has 5 nitrogen and oxygen atoms in total. The van der Waals surface area contributed by atoms with Crippen LogP contribution in [-0.2, 0) is 11.2 Å². The Labute approximate surface area is 186 Å². The number of nitrogens with zero attached hydrogens (tertiary/aromatic N) is 2. The molecule has 0 saturated heterocycles. The molecule has 0 radical (unpaired) electrons. The summed E-state index contributed by atoms with van der Waals surface area (Å²) in [5, 5.41) is 13.1. The van der Waals surface area contributed by atoms with Crippen molar-refractivity contribution in [3.63, 3.8) is 0 Å². The molecule has 2 aromatic heterocycles. The minimum Gasteiger partial charge on any atom is -0.503 e. The number of aryl methyl sites for hydroxylation is 1. The highest BCUT2D eigenvalue weighted by Crippen LogP contribution is 2.44. The van der Waals surface area contributed by atoms with E-state index in [-0.39, 0.29) is 11.4 Å². The summed E-state index contributed by atoms with van der Waals surface area (Å²) in [4.78, 5) is 33.1. The van der Waals surface area contributed by atoms with Crippen molar-refractivity contribution in [3.05, 3.63) is 93.4 Å². The molecule has 0 saturated carbocycles. The van der Waals surface area contributed by atoms with Gasteiger partial charge in [0.15, 0.2) is 10.9 Å². The summed E-state index contributed by atoms with van der Waals surface area (Å²) in [6, 6.07) is 18.1. The van der Waals surface area contributed by atoms with Crippen molar-refractivity contribution in [2.75, 3.05) is 4.90 Å². The molecule has 1 atom stereocenters. The highest BCUT2D eigenvalue weighted by atomic mass is 32.1. The van der Waals surface area contributed by atoms with Crippen molar-refractivity contribution in [1.82, 2.24) is 4.98 Å². The summed E-state index contributed by atoms with van der Waals surface area (Å²) in [7, 11) is 0. The lowest BCUT2D eigenvalue weighted by Crippen LogP contribution is -2.30. The number of amides is 1. The van der Waals surface area contributed by atoms with Crippen LogP contribution in [0.4, 0.5) is 5.13 Å². The maximum Gasteiger partial charge on any atom is 0.296 e. The summed E-state index contributed by atoms with van der Waals surface area (Å²) >= 11 is 2.67. The van der Waals surface area contributed by atoms with E-state index in [1.54, 1.807) is 17.5 Å². The van der Waals surface area contributed by atoms with Gasteiger partial charge < -0.3 is 5.11 Å². The Bertz CT molecular complexity index is 1320. The van der Waals surface area contributed by atoms with E-state index in [0.29, 0.717) is 10.0 Å². The van der Waals surface area contributed by atoms with Gasteiger partial charge in [0, 0.05) is 0 Å². The molecule has 5 rings (SSSR count). The van der Waals surface area contributed by atoms with Gasteiger partial charge in [0.05, 0.1) is 26.7 Å². The lowest BCUT2D eigenvalue weighted by Gasteiger charge is -2.24. The normalized spacial score (nSPS) is 16.5. The predicted octanol–water partition coefficient (Wildman–Crippen LogP) is 5.70. The molecule has 3 heterocycles. The monoisotopic (exact) mass is 446 g/mol. The van der Waals surface area contributed by atoms with Crippen LogP contribution in [0.15, 0.2) is 77.4 Å². The Morgan fingerprint density at radius 1 is 1.13 bits per heavy atom. The number of hydrogen-bond donors (Lipinski definition) is 1. The van der Waals surface area contributed by atoms with Crippen molar-refractivity contribution in [2.24, 2.45) is 0 Å². The number of thiazole rings is 1. The van der Waals surface area contributed by atoms with Crippen molar-refractivity contribution < 1.29 is 14.7 Å². The SMILES string of the molecule is CCc1ccc2nc(N3C(=O)C(O)=C(C(=O)c4cccs4)C3c3ccccc3)sc2c1. The highest BCUT2D eigenvalue weighted by molar-refractivity contribution is 7.22. The number of carbonyl (C=O) groups is 2. The van der Waals surface area contributed by atoms with Crippen LogP contribution in [0.5, 0.6) is 0 Å². The molecule has 2 aromatic carbocycles. The molecule has 1 aliphatic heterocycles. The predicted molar refractivity (Wildman–Crippen MR) is 124 cm³/mol. The van der Waals surface area contributed by atoms with Crippen LogP contribution in [0.1, 0.15) is 33.8 Å². The Morgan fingerprint density at radius 3 is 2.65 bits per heavy atom. The molecule has 0 fully saturated rings. The quantitative estimate of drug-likeness (QED) is 0.399. The van der Waals surface area contributed by atoms with E-state index in [0.717, 1.165) is 22.2 Å². The first-order chi connectivity index (χ1) is 15.1. The first kappa shape index (κ1) is 19.7. The lowest BCUT2D eigenvalue weighted by molar-refractivity contribution is -0.117.